The third-order valence-corrected chi connectivity index (χ3v) is 3.52. The van der Waals surface area contributed by atoms with Crippen LogP contribution < -0.4 is 4.74 Å². The molecule has 0 unspecified atom stereocenters. The monoisotopic (exact) mass is 291 g/mol. The lowest BCUT2D eigenvalue weighted by Gasteiger charge is -2.02. The molecule has 0 saturated carbocycles. The summed E-state index contributed by atoms with van der Waals surface area (Å²) in [7, 11) is 0. The van der Waals surface area contributed by atoms with Crippen LogP contribution in [0.25, 0.3) is 0 Å². The van der Waals surface area contributed by atoms with Gasteiger partial charge in [0.05, 0.1) is 0 Å². The van der Waals surface area contributed by atoms with Gasteiger partial charge in [0.25, 0.3) is 0 Å². The van der Waals surface area contributed by atoms with Crippen LogP contribution in [0.3, 0.4) is 0 Å². The number of carbonyl (C=O) groups is 2. The van der Waals surface area contributed by atoms with Crippen molar-refractivity contribution in [3.05, 3.63) is 40.2 Å². The zero-order valence-electron chi connectivity index (χ0n) is 11.0. The van der Waals surface area contributed by atoms with Crippen LogP contribution in [0.4, 0.5) is 0 Å². The van der Waals surface area contributed by atoms with Gasteiger partial charge < -0.3 is 9.84 Å². The molecular formula is C14H13NO4S. The fourth-order valence-electron chi connectivity index (χ4n) is 1.46. The van der Waals surface area contributed by atoms with Gasteiger partial charge in [0.1, 0.15) is 5.75 Å². The number of aromatic carboxylic acids is 1. The Morgan fingerprint density at radius 3 is 2.45 bits per heavy atom. The first-order chi connectivity index (χ1) is 9.49. The molecule has 0 fully saturated rings. The highest BCUT2D eigenvalue weighted by Crippen LogP contribution is 2.30. The van der Waals surface area contributed by atoms with Crippen molar-refractivity contribution in [1.82, 2.24) is 4.98 Å². The van der Waals surface area contributed by atoms with Gasteiger partial charge >= 0.3 is 5.97 Å². The Morgan fingerprint density at radius 1 is 1.25 bits per heavy atom. The number of hydrogen-bond donors (Lipinski definition) is 1. The minimum atomic E-state index is -1.16. The molecule has 6 heteroatoms. The van der Waals surface area contributed by atoms with Gasteiger partial charge in [-0.25, -0.2) is 4.79 Å². The minimum absolute atomic E-state index is 0.0438. The molecule has 1 aromatic heterocycles. The van der Waals surface area contributed by atoms with E-state index in [-0.39, 0.29) is 27.5 Å². The van der Waals surface area contributed by atoms with Crippen molar-refractivity contribution >= 4 is 23.1 Å². The van der Waals surface area contributed by atoms with Gasteiger partial charge in [-0.2, -0.15) is 4.98 Å². The summed E-state index contributed by atoms with van der Waals surface area (Å²) in [6.45, 7) is 3.48. The molecule has 2 rings (SSSR count). The van der Waals surface area contributed by atoms with E-state index in [0.29, 0.717) is 5.75 Å². The van der Waals surface area contributed by atoms with E-state index in [1.807, 2.05) is 6.07 Å². The van der Waals surface area contributed by atoms with Gasteiger partial charge in [-0.05, 0) is 12.1 Å². The van der Waals surface area contributed by atoms with Crippen LogP contribution in [0.2, 0.25) is 0 Å². The summed E-state index contributed by atoms with van der Waals surface area (Å²) >= 11 is 0.838. The smallest absolute Gasteiger partial charge is 0.351 e. The Hall–Kier alpha value is -2.21. The summed E-state index contributed by atoms with van der Waals surface area (Å²) < 4.78 is 5.45. The van der Waals surface area contributed by atoms with E-state index in [1.165, 1.54) is 0 Å². The lowest BCUT2D eigenvalue weighted by Crippen LogP contribution is -2.06. The Kier molecular flexibility index (Phi) is 4.14. The van der Waals surface area contributed by atoms with Crippen LogP contribution >= 0.6 is 11.3 Å². The molecule has 0 bridgehead atoms. The first kappa shape index (κ1) is 14.2. The predicted octanol–water partition coefficient (Wildman–Crippen LogP) is 3.47. The summed E-state index contributed by atoms with van der Waals surface area (Å²) in [5, 5.41) is 9.31. The zero-order chi connectivity index (χ0) is 14.7. The van der Waals surface area contributed by atoms with Gasteiger partial charge in [0, 0.05) is 5.92 Å². The number of Topliss-reactive ketones (excluding diaryl/α,β-unsaturated/α-hetero) is 1. The number of carbonyl (C=O) groups excluding carboxylic acids is 1. The number of carboxylic acid groups (broad SMARTS) is 1. The fourth-order valence-corrected chi connectivity index (χ4v) is 2.38. The molecule has 0 amide bonds. The Balaban J connectivity index is 2.36. The van der Waals surface area contributed by atoms with E-state index in [4.69, 9.17) is 9.84 Å². The summed E-state index contributed by atoms with van der Waals surface area (Å²) in [6, 6.07) is 8.73. The number of benzene rings is 1. The van der Waals surface area contributed by atoms with Crippen molar-refractivity contribution in [1.29, 1.82) is 0 Å². The molecule has 0 aliphatic heterocycles. The molecule has 5 nitrogen and oxygen atoms in total. The van der Waals surface area contributed by atoms with Gasteiger partial charge in [-0.1, -0.05) is 43.4 Å². The molecule has 104 valence electrons. The number of ketones is 1. The third kappa shape index (κ3) is 3.03. The summed E-state index contributed by atoms with van der Waals surface area (Å²) in [5.74, 6) is -1.16. The normalized spacial score (nSPS) is 10.6. The molecule has 0 radical (unpaired) electrons. The molecule has 20 heavy (non-hydrogen) atoms. The van der Waals surface area contributed by atoms with E-state index < -0.39 is 5.97 Å². The fraction of sp³-hybridized carbons (Fsp3) is 0.214. The number of ether oxygens (including phenoxy) is 1. The quantitative estimate of drug-likeness (QED) is 0.853. The molecule has 1 N–H and O–H groups in total. The van der Waals surface area contributed by atoms with Gasteiger partial charge in [0.2, 0.25) is 5.88 Å². The molecule has 0 aliphatic carbocycles. The number of aromatic nitrogens is 1. The number of thiazole rings is 1. The maximum absolute atomic E-state index is 11.9. The van der Waals surface area contributed by atoms with Gasteiger partial charge in [0.15, 0.2) is 15.7 Å². The number of nitrogens with zero attached hydrogens (tertiary/aromatic N) is 1. The van der Waals surface area contributed by atoms with E-state index in [9.17, 15) is 9.59 Å². The number of rotatable bonds is 5. The minimum Gasteiger partial charge on any atom is -0.477 e. The maximum Gasteiger partial charge on any atom is 0.351 e. The van der Waals surface area contributed by atoms with E-state index in [1.54, 1.807) is 38.1 Å². The van der Waals surface area contributed by atoms with Crippen LogP contribution in [-0.2, 0) is 0 Å². The first-order valence-corrected chi connectivity index (χ1v) is 6.82. The van der Waals surface area contributed by atoms with Crippen LogP contribution in [-0.4, -0.2) is 21.8 Å². The second-order valence-electron chi connectivity index (χ2n) is 4.39. The highest BCUT2D eigenvalue weighted by molar-refractivity contribution is 7.15. The number of hydrogen-bond acceptors (Lipinski definition) is 5. The molecule has 0 atom stereocenters. The lowest BCUT2D eigenvalue weighted by atomic mass is 10.1. The molecule has 1 heterocycles. The molecule has 0 saturated heterocycles. The zero-order valence-corrected chi connectivity index (χ0v) is 11.8. The van der Waals surface area contributed by atoms with Crippen LogP contribution in [0.1, 0.15) is 33.3 Å². The standard InChI is InChI=1S/C14H13NO4S/c1-8(2)10(16)13-15-12(11(20-13)14(17)18)19-9-6-4-3-5-7-9/h3-8H,1-2H3,(H,17,18). The summed E-state index contributed by atoms with van der Waals surface area (Å²) in [5.41, 5.74) is 0. The summed E-state index contributed by atoms with van der Waals surface area (Å²) in [6.07, 6.45) is 0. The maximum atomic E-state index is 11.9. The lowest BCUT2D eigenvalue weighted by molar-refractivity contribution is 0.0699. The molecular weight excluding hydrogens is 278 g/mol. The van der Waals surface area contributed by atoms with Crippen LogP contribution in [0, 0.1) is 5.92 Å². The van der Waals surface area contributed by atoms with Crippen molar-refractivity contribution in [2.75, 3.05) is 0 Å². The van der Waals surface area contributed by atoms with E-state index in [2.05, 4.69) is 4.98 Å². The Labute approximate surface area is 119 Å². The molecule has 0 aliphatic rings. The Morgan fingerprint density at radius 2 is 1.90 bits per heavy atom. The second kappa shape index (κ2) is 5.83. The van der Waals surface area contributed by atoms with Crippen molar-refractivity contribution in [3.63, 3.8) is 0 Å². The highest BCUT2D eigenvalue weighted by Gasteiger charge is 2.24. The van der Waals surface area contributed by atoms with Crippen molar-refractivity contribution in [2.45, 2.75) is 13.8 Å². The predicted molar refractivity (Wildman–Crippen MR) is 74.8 cm³/mol. The molecule has 0 spiro atoms. The topological polar surface area (TPSA) is 76.5 Å². The molecule has 2 aromatic rings. The SMILES string of the molecule is CC(C)C(=O)c1nc(Oc2ccccc2)c(C(=O)O)s1. The summed E-state index contributed by atoms with van der Waals surface area (Å²) in [4.78, 5) is 27.0. The average Bonchev–Trinajstić information content (AvgIpc) is 2.83. The second-order valence-corrected chi connectivity index (χ2v) is 5.39. The average molecular weight is 291 g/mol. The van der Waals surface area contributed by atoms with Crippen LogP contribution in [0.15, 0.2) is 30.3 Å². The van der Waals surface area contributed by atoms with Crippen molar-refractivity contribution < 1.29 is 19.4 Å². The largest absolute Gasteiger partial charge is 0.477 e. The van der Waals surface area contributed by atoms with Gasteiger partial charge in [-0.3, -0.25) is 4.79 Å². The van der Waals surface area contributed by atoms with Crippen molar-refractivity contribution in [3.8, 4) is 11.6 Å². The number of carboxylic acids is 1. The van der Waals surface area contributed by atoms with Crippen molar-refractivity contribution in [2.24, 2.45) is 5.92 Å². The molecule has 1 aromatic carbocycles. The highest BCUT2D eigenvalue weighted by atomic mass is 32.1. The first-order valence-electron chi connectivity index (χ1n) is 6.00. The Bertz CT molecular complexity index is 634. The van der Waals surface area contributed by atoms with E-state index in [0.717, 1.165) is 11.3 Å². The van der Waals surface area contributed by atoms with Gasteiger partial charge in [-0.15, -0.1) is 0 Å². The van der Waals surface area contributed by atoms with E-state index >= 15 is 0 Å². The number of para-hydroxylation sites is 1. The van der Waals surface area contributed by atoms with Crippen LogP contribution in [0.5, 0.6) is 11.6 Å². The third-order valence-electron chi connectivity index (χ3n) is 2.48.